The molecule has 1 aliphatic carbocycles. The minimum absolute atomic E-state index is 0.0113. The summed E-state index contributed by atoms with van der Waals surface area (Å²) in [5.41, 5.74) is 5.61. The van der Waals surface area contributed by atoms with E-state index >= 15 is 0 Å². The summed E-state index contributed by atoms with van der Waals surface area (Å²) in [6, 6.07) is -0.868. The Labute approximate surface area is 130 Å². The molecule has 4 N–H and O–H groups in total. The highest BCUT2D eigenvalue weighted by Crippen LogP contribution is 2.48. The Bertz CT molecular complexity index is 455. The molecule has 1 aliphatic heterocycles. The summed E-state index contributed by atoms with van der Waals surface area (Å²) in [4.78, 5) is 22.6. The van der Waals surface area contributed by atoms with Gasteiger partial charge in [-0.2, -0.15) is 4.91 Å². The molecule has 0 radical (unpaired) electrons. The van der Waals surface area contributed by atoms with Crippen LogP contribution in [-0.4, -0.2) is 40.2 Å². The van der Waals surface area contributed by atoms with Crippen LogP contribution in [0.2, 0.25) is 0 Å². The SMILES string of the molecule is CC(C(=O)O)[C@]1(N)CC[C@@H](C)C2C[C@@H](N=O)[C@@](C)(O)OCC21. The molecule has 2 fully saturated rings. The Morgan fingerprint density at radius 1 is 1.50 bits per heavy atom. The molecular weight excluding hydrogens is 288 g/mol. The fourth-order valence-electron chi connectivity index (χ4n) is 4.09. The highest BCUT2D eigenvalue weighted by atomic mass is 16.6. The maximum absolute atomic E-state index is 11.5. The number of rotatable bonds is 3. The molecule has 7 atom stereocenters. The predicted molar refractivity (Wildman–Crippen MR) is 79.9 cm³/mol. The number of carboxylic acids is 1. The number of carboxylic acid groups (broad SMARTS) is 1. The Hall–Kier alpha value is -1.05. The molecule has 3 unspecified atom stereocenters. The van der Waals surface area contributed by atoms with Gasteiger partial charge >= 0.3 is 5.97 Å². The van der Waals surface area contributed by atoms with Crippen LogP contribution in [0.4, 0.5) is 0 Å². The first kappa shape index (κ1) is 17.3. The highest BCUT2D eigenvalue weighted by molar-refractivity contribution is 5.71. The van der Waals surface area contributed by atoms with Crippen molar-refractivity contribution in [2.45, 2.75) is 57.4 Å². The number of ether oxygens (including phenoxy) is 1. The predicted octanol–water partition coefficient (Wildman–Crippen LogP) is 1.33. The third kappa shape index (κ3) is 2.77. The molecule has 0 amide bonds. The van der Waals surface area contributed by atoms with Gasteiger partial charge < -0.3 is 20.7 Å². The molecule has 2 rings (SSSR count). The van der Waals surface area contributed by atoms with E-state index in [9.17, 15) is 19.9 Å². The van der Waals surface area contributed by atoms with E-state index in [0.717, 1.165) is 6.42 Å². The van der Waals surface area contributed by atoms with Crippen LogP contribution in [0, 0.1) is 28.6 Å². The summed E-state index contributed by atoms with van der Waals surface area (Å²) in [5, 5.41) is 22.7. The highest BCUT2D eigenvalue weighted by Gasteiger charge is 2.54. The average molecular weight is 314 g/mol. The largest absolute Gasteiger partial charge is 0.481 e. The molecule has 7 nitrogen and oxygen atoms in total. The van der Waals surface area contributed by atoms with Gasteiger partial charge in [0.2, 0.25) is 0 Å². The van der Waals surface area contributed by atoms with E-state index in [4.69, 9.17) is 10.5 Å². The standard InChI is InChI=1S/C15H26N2O5/c1-8-4-5-15(16,9(2)13(18)19)11-7-22-14(3,20)12(17-21)6-10(8)11/h8-12,20H,4-7,16H2,1-3H3,(H,18,19)/t8-,9?,10?,11?,12-,14+,15-/m1/s1. The van der Waals surface area contributed by atoms with Crippen LogP contribution < -0.4 is 5.73 Å². The lowest BCUT2D eigenvalue weighted by Crippen LogP contribution is -2.61. The first-order valence-electron chi connectivity index (χ1n) is 7.84. The van der Waals surface area contributed by atoms with Crippen molar-refractivity contribution in [3.63, 3.8) is 0 Å². The average Bonchev–Trinajstić information content (AvgIpc) is 2.59. The fraction of sp³-hybridized carbons (Fsp3) is 0.933. The van der Waals surface area contributed by atoms with Crippen molar-refractivity contribution in [3.8, 4) is 0 Å². The van der Waals surface area contributed by atoms with Gasteiger partial charge in [0.1, 0.15) is 6.04 Å². The number of nitrogens with zero attached hydrogens (tertiary/aromatic N) is 1. The summed E-state index contributed by atoms with van der Waals surface area (Å²) in [6.07, 6.45) is 1.75. The summed E-state index contributed by atoms with van der Waals surface area (Å²) in [7, 11) is 0. The molecular formula is C15H26N2O5. The summed E-state index contributed by atoms with van der Waals surface area (Å²) in [6.45, 7) is 5.26. The molecule has 0 aromatic heterocycles. The molecule has 1 saturated heterocycles. The number of nitroso groups, excluding NO2 is 1. The minimum atomic E-state index is -1.63. The second-order valence-corrected chi connectivity index (χ2v) is 7.18. The quantitative estimate of drug-likeness (QED) is 0.675. The Morgan fingerprint density at radius 3 is 2.68 bits per heavy atom. The Morgan fingerprint density at radius 2 is 2.14 bits per heavy atom. The topological polar surface area (TPSA) is 122 Å². The van der Waals surface area contributed by atoms with Crippen LogP contribution in [0.3, 0.4) is 0 Å². The zero-order valence-corrected chi connectivity index (χ0v) is 13.4. The minimum Gasteiger partial charge on any atom is -0.481 e. The molecule has 0 spiro atoms. The van der Waals surface area contributed by atoms with Gasteiger partial charge in [-0.1, -0.05) is 19.0 Å². The number of fused-ring (bicyclic) bond motifs is 1. The van der Waals surface area contributed by atoms with Crippen LogP contribution in [0.5, 0.6) is 0 Å². The monoisotopic (exact) mass is 314 g/mol. The molecule has 22 heavy (non-hydrogen) atoms. The first-order valence-corrected chi connectivity index (χ1v) is 7.84. The first-order chi connectivity index (χ1) is 10.1. The number of hydrogen-bond acceptors (Lipinski definition) is 6. The fourth-order valence-corrected chi connectivity index (χ4v) is 4.09. The Kier molecular flexibility index (Phi) is 4.61. The number of nitrogens with two attached hydrogens (primary N) is 1. The number of aliphatic carboxylic acids is 1. The van der Waals surface area contributed by atoms with E-state index in [1.54, 1.807) is 6.92 Å². The van der Waals surface area contributed by atoms with Crippen molar-refractivity contribution in [1.29, 1.82) is 0 Å². The lowest BCUT2D eigenvalue weighted by Gasteiger charge is -2.49. The van der Waals surface area contributed by atoms with E-state index in [1.165, 1.54) is 6.92 Å². The van der Waals surface area contributed by atoms with E-state index in [2.05, 4.69) is 12.1 Å². The van der Waals surface area contributed by atoms with Crippen LogP contribution in [-0.2, 0) is 9.53 Å². The lowest BCUT2D eigenvalue weighted by atomic mass is 9.58. The Balaban J connectivity index is 2.37. The second-order valence-electron chi connectivity index (χ2n) is 7.18. The van der Waals surface area contributed by atoms with Gasteiger partial charge in [-0.3, -0.25) is 4.79 Å². The van der Waals surface area contributed by atoms with Crippen molar-refractivity contribution < 1.29 is 19.7 Å². The van der Waals surface area contributed by atoms with Crippen LogP contribution in [0.25, 0.3) is 0 Å². The van der Waals surface area contributed by atoms with Gasteiger partial charge in [0.25, 0.3) is 0 Å². The van der Waals surface area contributed by atoms with Gasteiger partial charge in [-0.15, -0.1) is 0 Å². The van der Waals surface area contributed by atoms with Crippen molar-refractivity contribution in [2.75, 3.05) is 6.61 Å². The van der Waals surface area contributed by atoms with Gasteiger partial charge in [0.15, 0.2) is 5.79 Å². The van der Waals surface area contributed by atoms with Crippen LogP contribution in [0.15, 0.2) is 5.18 Å². The van der Waals surface area contributed by atoms with Crippen LogP contribution >= 0.6 is 0 Å². The van der Waals surface area contributed by atoms with Crippen molar-refractivity contribution in [3.05, 3.63) is 4.91 Å². The summed E-state index contributed by atoms with van der Waals surface area (Å²) in [5.74, 6) is -3.22. The van der Waals surface area contributed by atoms with Crippen molar-refractivity contribution >= 4 is 5.97 Å². The summed E-state index contributed by atoms with van der Waals surface area (Å²) >= 11 is 0. The molecule has 2 aliphatic rings. The zero-order chi connectivity index (χ0) is 16.7. The molecule has 1 heterocycles. The number of carbonyl (C=O) groups is 1. The van der Waals surface area contributed by atoms with Crippen LogP contribution in [0.1, 0.15) is 40.0 Å². The van der Waals surface area contributed by atoms with Gasteiger partial charge in [-0.05, 0) is 38.0 Å². The van der Waals surface area contributed by atoms with Gasteiger partial charge in [0.05, 0.1) is 12.5 Å². The smallest absolute Gasteiger partial charge is 0.308 e. The molecule has 0 aromatic carbocycles. The molecule has 0 aromatic rings. The van der Waals surface area contributed by atoms with Crippen molar-refractivity contribution in [1.82, 2.24) is 0 Å². The van der Waals surface area contributed by atoms with Gasteiger partial charge in [0, 0.05) is 11.5 Å². The number of aliphatic hydroxyl groups is 1. The second kappa shape index (κ2) is 5.86. The third-order valence-electron chi connectivity index (χ3n) is 5.94. The molecule has 126 valence electrons. The van der Waals surface area contributed by atoms with E-state index in [0.29, 0.717) is 12.8 Å². The lowest BCUT2D eigenvalue weighted by molar-refractivity contribution is -0.205. The summed E-state index contributed by atoms with van der Waals surface area (Å²) < 4.78 is 5.53. The molecule has 7 heteroatoms. The van der Waals surface area contributed by atoms with E-state index in [1.807, 2.05) is 0 Å². The maximum atomic E-state index is 11.5. The third-order valence-corrected chi connectivity index (χ3v) is 5.94. The normalized spacial score (nSPS) is 47.1. The zero-order valence-electron chi connectivity index (χ0n) is 13.4. The molecule has 1 saturated carbocycles. The van der Waals surface area contributed by atoms with Crippen molar-refractivity contribution in [2.24, 2.45) is 34.6 Å². The number of hydrogen-bond donors (Lipinski definition) is 3. The van der Waals surface area contributed by atoms with E-state index in [-0.39, 0.29) is 24.4 Å². The van der Waals surface area contributed by atoms with E-state index < -0.39 is 29.3 Å². The van der Waals surface area contributed by atoms with Gasteiger partial charge in [-0.25, -0.2) is 0 Å². The maximum Gasteiger partial charge on any atom is 0.308 e. The molecule has 0 bridgehead atoms.